The SMILES string of the molecule is CN(C)C(=O)c1ccc(NC(=O)CC2(CN)CCCCC2)cc1. The Morgan fingerprint density at radius 1 is 1.13 bits per heavy atom. The van der Waals surface area contributed by atoms with E-state index in [2.05, 4.69) is 5.32 Å². The van der Waals surface area contributed by atoms with Crippen molar-refractivity contribution in [3.8, 4) is 0 Å². The molecule has 3 N–H and O–H groups in total. The van der Waals surface area contributed by atoms with Crippen molar-refractivity contribution in [1.29, 1.82) is 0 Å². The van der Waals surface area contributed by atoms with E-state index in [0.717, 1.165) is 25.7 Å². The van der Waals surface area contributed by atoms with Crippen LogP contribution in [0, 0.1) is 5.41 Å². The summed E-state index contributed by atoms with van der Waals surface area (Å²) in [6.07, 6.45) is 6.10. The molecule has 1 aliphatic rings. The minimum atomic E-state index is -0.0489. The molecule has 0 atom stereocenters. The van der Waals surface area contributed by atoms with Gasteiger partial charge < -0.3 is 16.0 Å². The quantitative estimate of drug-likeness (QED) is 0.876. The van der Waals surface area contributed by atoms with Gasteiger partial charge in [0.05, 0.1) is 0 Å². The fourth-order valence-electron chi connectivity index (χ4n) is 3.25. The number of carbonyl (C=O) groups excluding carboxylic acids is 2. The van der Waals surface area contributed by atoms with Crippen LogP contribution in [0.1, 0.15) is 48.9 Å². The summed E-state index contributed by atoms with van der Waals surface area (Å²) < 4.78 is 0. The second-order valence-electron chi connectivity index (χ2n) is 6.77. The molecular weight excluding hydrogens is 290 g/mol. The first-order valence-electron chi connectivity index (χ1n) is 8.27. The highest BCUT2D eigenvalue weighted by Gasteiger charge is 2.32. The number of amides is 2. The summed E-state index contributed by atoms with van der Waals surface area (Å²) >= 11 is 0. The standard InChI is InChI=1S/C18H27N3O2/c1-21(2)17(23)14-6-8-15(9-7-14)20-16(22)12-18(13-19)10-4-3-5-11-18/h6-9H,3-5,10-13,19H2,1-2H3,(H,20,22). The number of hydrogen-bond donors (Lipinski definition) is 2. The van der Waals surface area contributed by atoms with Gasteiger partial charge >= 0.3 is 0 Å². The highest BCUT2D eigenvalue weighted by molar-refractivity contribution is 5.95. The van der Waals surface area contributed by atoms with Crippen molar-refractivity contribution in [3.63, 3.8) is 0 Å². The fourth-order valence-corrected chi connectivity index (χ4v) is 3.25. The molecule has 1 aromatic carbocycles. The zero-order chi connectivity index (χ0) is 16.9. The average molecular weight is 317 g/mol. The van der Waals surface area contributed by atoms with Crippen LogP contribution in [0.4, 0.5) is 5.69 Å². The molecule has 0 saturated heterocycles. The van der Waals surface area contributed by atoms with Gasteiger partial charge in [-0.15, -0.1) is 0 Å². The summed E-state index contributed by atoms with van der Waals surface area (Å²) in [6, 6.07) is 7.00. The molecule has 0 spiro atoms. The Kier molecular flexibility index (Phi) is 5.77. The lowest BCUT2D eigenvalue weighted by Crippen LogP contribution is -2.36. The topological polar surface area (TPSA) is 75.4 Å². The smallest absolute Gasteiger partial charge is 0.253 e. The van der Waals surface area contributed by atoms with Crippen molar-refractivity contribution in [2.75, 3.05) is 26.0 Å². The summed E-state index contributed by atoms with van der Waals surface area (Å²) in [7, 11) is 3.43. The molecule has 1 fully saturated rings. The molecule has 1 saturated carbocycles. The molecule has 0 aliphatic heterocycles. The summed E-state index contributed by atoms with van der Waals surface area (Å²) in [4.78, 5) is 25.7. The Bertz CT molecular complexity index is 546. The first kappa shape index (κ1) is 17.5. The number of hydrogen-bond acceptors (Lipinski definition) is 3. The Morgan fingerprint density at radius 2 is 1.74 bits per heavy atom. The van der Waals surface area contributed by atoms with Gasteiger partial charge in [-0.2, -0.15) is 0 Å². The molecule has 5 nitrogen and oxygen atoms in total. The van der Waals surface area contributed by atoms with E-state index in [1.807, 2.05) is 0 Å². The van der Waals surface area contributed by atoms with Gasteiger partial charge in [0.25, 0.3) is 5.91 Å². The van der Waals surface area contributed by atoms with Crippen LogP contribution in [-0.4, -0.2) is 37.4 Å². The van der Waals surface area contributed by atoms with E-state index in [9.17, 15) is 9.59 Å². The summed E-state index contributed by atoms with van der Waals surface area (Å²) in [5.41, 5.74) is 7.23. The van der Waals surface area contributed by atoms with Gasteiger partial charge in [0.1, 0.15) is 0 Å². The highest BCUT2D eigenvalue weighted by atomic mass is 16.2. The largest absolute Gasteiger partial charge is 0.345 e. The van der Waals surface area contributed by atoms with Crippen LogP contribution in [0.3, 0.4) is 0 Å². The van der Waals surface area contributed by atoms with E-state index in [1.165, 1.54) is 11.3 Å². The van der Waals surface area contributed by atoms with Crippen molar-refractivity contribution >= 4 is 17.5 Å². The van der Waals surface area contributed by atoms with Crippen molar-refractivity contribution in [1.82, 2.24) is 4.90 Å². The minimum Gasteiger partial charge on any atom is -0.345 e. The first-order valence-corrected chi connectivity index (χ1v) is 8.27. The minimum absolute atomic E-state index is 0.00374. The van der Waals surface area contributed by atoms with Crippen LogP contribution in [0.5, 0.6) is 0 Å². The number of anilines is 1. The zero-order valence-corrected chi connectivity index (χ0v) is 14.1. The van der Waals surface area contributed by atoms with Gasteiger partial charge in [0.2, 0.25) is 5.91 Å². The normalized spacial score (nSPS) is 16.7. The number of nitrogens with zero attached hydrogens (tertiary/aromatic N) is 1. The van der Waals surface area contributed by atoms with E-state index < -0.39 is 0 Å². The molecule has 0 heterocycles. The summed E-state index contributed by atoms with van der Waals surface area (Å²) in [5.74, 6) is -0.0452. The molecule has 0 aromatic heterocycles. The van der Waals surface area contributed by atoms with E-state index in [4.69, 9.17) is 5.73 Å². The lowest BCUT2D eigenvalue weighted by atomic mass is 9.71. The third-order valence-electron chi connectivity index (χ3n) is 4.70. The van der Waals surface area contributed by atoms with Crippen molar-refractivity contribution in [2.24, 2.45) is 11.1 Å². The predicted octanol–water partition coefficient (Wildman–Crippen LogP) is 2.63. The van der Waals surface area contributed by atoms with Crippen LogP contribution >= 0.6 is 0 Å². The van der Waals surface area contributed by atoms with Crippen LogP contribution < -0.4 is 11.1 Å². The summed E-state index contributed by atoms with van der Waals surface area (Å²) in [5, 5.41) is 2.92. The number of nitrogens with two attached hydrogens (primary N) is 1. The molecule has 2 rings (SSSR count). The molecule has 5 heteroatoms. The monoisotopic (exact) mass is 317 g/mol. The molecule has 2 amide bonds. The Hall–Kier alpha value is -1.88. The van der Waals surface area contributed by atoms with Gasteiger partial charge in [-0.05, 0) is 49.1 Å². The first-order chi connectivity index (χ1) is 11.0. The second-order valence-corrected chi connectivity index (χ2v) is 6.77. The lowest BCUT2D eigenvalue weighted by Gasteiger charge is -2.35. The Morgan fingerprint density at radius 3 is 2.26 bits per heavy atom. The van der Waals surface area contributed by atoms with Gasteiger partial charge in [-0.25, -0.2) is 0 Å². The zero-order valence-electron chi connectivity index (χ0n) is 14.1. The third kappa shape index (κ3) is 4.55. The molecule has 23 heavy (non-hydrogen) atoms. The van der Waals surface area contributed by atoms with Crippen molar-refractivity contribution in [2.45, 2.75) is 38.5 Å². The van der Waals surface area contributed by atoms with Gasteiger partial charge in [-0.3, -0.25) is 9.59 Å². The molecule has 126 valence electrons. The fraction of sp³-hybridized carbons (Fsp3) is 0.556. The maximum Gasteiger partial charge on any atom is 0.253 e. The van der Waals surface area contributed by atoms with E-state index >= 15 is 0 Å². The van der Waals surface area contributed by atoms with Crippen LogP contribution in [0.25, 0.3) is 0 Å². The maximum absolute atomic E-state index is 12.3. The molecule has 0 radical (unpaired) electrons. The summed E-state index contributed by atoms with van der Waals surface area (Å²) in [6.45, 7) is 0.566. The molecule has 0 bridgehead atoms. The number of benzene rings is 1. The van der Waals surface area contributed by atoms with Crippen LogP contribution in [0.15, 0.2) is 24.3 Å². The molecular formula is C18H27N3O2. The molecule has 0 unspecified atom stereocenters. The average Bonchev–Trinajstić information content (AvgIpc) is 2.55. The number of nitrogens with one attached hydrogen (secondary N) is 1. The van der Waals surface area contributed by atoms with E-state index in [1.54, 1.807) is 38.4 Å². The van der Waals surface area contributed by atoms with Gasteiger partial charge in [0, 0.05) is 31.8 Å². The van der Waals surface area contributed by atoms with Crippen LogP contribution in [0.2, 0.25) is 0 Å². The van der Waals surface area contributed by atoms with E-state index in [-0.39, 0.29) is 17.2 Å². The van der Waals surface area contributed by atoms with Crippen molar-refractivity contribution < 1.29 is 9.59 Å². The Balaban J connectivity index is 1.96. The van der Waals surface area contributed by atoms with Crippen LogP contribution in [-0.2, 0) is 4.79 Å². The Labute approximate surface area is 138 Å². The highest BCUT2D eigenvalue weighted by Crippen LogP contribution is 2.38. The number of rotatable bonds is 5. The molecule has 1 aromatic rings. The lowest BCUT2D eigenvalue weighted by molar-refractivity contribution is -0.118. The predicted molar refractivity (Wildman–Crippen MR) is 92.3 cm³/mol. The number of carbonyl (C=O) groups is 2. The maximum atomic E-state index is 12.3. The van der Waals surface area contributed by atoms with Gasteiger partial charge in [-0.1, -0.05) is 19.3 Å². The second kappa shape index (κ2) is 7.59. The van der Waals surface area contributed by atoms with Crippen molar-refractivity contribution in [3.05, 3.63) is 29.8 Å². The third-order valence-corrected chi connectivity index (χ3v) is 4.70. The van der Waals surface area contributed by atoms with E-state index in [0.29, 0.717) is 24.2 Å². The van der Waals surface area contributed by atoms with Gasteiger partial charge in [0.15, 0.2) is 0 Å². The molecule has 1 aliphatic carbocycles.